The maximum atomic E-state index is 5.86. The lowest BCUT2D eigenvalue weighted by molar-refractivity contribution is 0.355. The van der Waals surface area contributed by atoms with Crippen LogP contribution in [0.25, 0.3) is 11.4 Å². The number of anilines is 1. The molecule has 0 bridgehead atoms. The van der Waals surface area contributed by atoms with Crippen LogP contribution in [0.1, 0.15) is 5.89 Å². The Bertz CT molecular complexity index is 818. The first-order valence-electron chi connectivity index (χ1n) is 7.24. The fourth-order valence-corrected chi connectivity index (χ4v) is 2.29. The van der Waals surface area contributed by atoms with Crippen LogP contribution in [0.5, 0.6) is 11.5 Å². The van der Waals surface area contributed by atoms with Gasteiger partial charge in [-0.05, 0) is 42.5 Å². The van der Waals surface area contributed by atoms with Crippen molar-refractivity contribution in [2.45, 2.75) is 6.54 Å². The third-order valence-electron chi connectivity index (χ3n) is 3.40. The maximum Gasteiger partial charge on any atom is 0.246 e. The number of nitrogens with one attached hydrogen (secondary N) is 1. The summed E-state index contributed by atoms with van der Waals surface area (Å²) in [6, 6.07) is 12.8. The van der Waals surface area contributed by atoms with Crippen LogP contribution in [0.15, 0.2) is 47.0 Å². The van der Waals surface area contributed by atoms with Crippen molar-refractivity contribution in [3.63, 3.8) is 0 Å². The van der Waals surface area contributed by atoms with Crippen LogP contribution < -0.4 is 14.8 Å². The second-order valence-electron chi connectivity index (χ2n) is 4.94. The molecule has 124 valence electrons. The number of aromatic nitrogens is 2. The number of benzene rings is 2. The third kappa shape index (κ3) is 3.60. The Labute approximate surface area is 144 Å². The van der Waals surface area contributed by atoms with Crippen molar-refractivity contribution in [1.82, 2.24) is 10.1 Å². The molecule has 0 amide bonds. The molecule has 0 atom stereocenters. The van der Waals surface area contributed by atoms with Gasteiger partial charge in [-0.1, -0.05) is 16.8 Å². The maximum absolute atomic E-state index is 5.86. The molecule has 0 radical (unpaired) electrons. The first-order chi connectivity index (χ1) is 11.7. The Morgan fingerprint density at radius 2 is 1.79 bits per heavy atom. The zero-order valence-corrected chi connectivity index (χ0v) is 14.0. The molecular formula is C17H16ClN3O3. The SMILES string of the molecule is COc1ccc(-c2noc(CNc3ccc(Cl)cc3)n2)cc1OC. The van der Waals surface area contributed by atoms with E-state index in [0.717, 1.165) is 11.3 Å². The van der Waals surface area contributed by atoms with Gasteiger partial charge in [0.05, 0.1) is 20.8 Å². The summed E-state index contributed by atoms with van der Waals surface area (Å²) in [4.78, 5) is 4.38. The van der Waals surface area contributed by atoms with Crippen molar-refractivity contribution in [2.75, 3.05) is 19.5 Å². The second kappa shape index (κ2) is 7.23. The molecule has 0 aliphatic rings. The van der Waals surface area contributed by atoms with E-state index in [1.807, 2.05) is 30.3 Å². The molecule has 1 heterocycles. The summed E-state index contributed by atoms with van der Waals surface area (Å²) in [5.41, 5.74) is 1.71. The van der Waals surface area contributed by atoms with Gasteiger partial charge in [0.15, 0.2) is 11.5 Å². The number of methoxy groups -OCH3 is 2. The molecule has 2 aromatic carbocycles. The predicted molar refractivity (Wildman–Crippen MR) is 91.6 cm³/mol. The number of ether oxygens (including phenoxy) is 2. The third-order valence-corrected chi connectivity index (χ3v) is 3.65. The summed E-state index contributed by atoms with van der Waals surface area (Å²) in [7, 11) is 3.17. The van der Waals surface area contributed by atoms with Gasteiger partial charge >= 0.3 is 0 Å². The lowest BCUT2D eigenvalue weighted by Crippen LogP contribution is -1.99. The first-order valence-corrected chi connectivity index (χ1v) is 7.62. The number of hydrogen-bond donors (Lipinski definition) is 1. The van der Waals surface area contributed by atoms with Crippen molar-refractivity contribution in [3.8, 4) is 22.9 Å². The van der Waals surface area contributed by atoms with E-state index in [0.29, 0.717) is 34.8 Å². The topological polar surface area (TPSA) is 69.4 Å². The Hall–Kier alpha value is -2.73. The van der Waals surface area contributed by atoms with E-state index in [4.69, 9.17) is 25.6 Å². The molecular weight excluding hydrogens is 330 g/mol. The van der Waals surface area contributed by atoms with Gasteiger partial charge in [-0.25, -0.2) is 0 Å². The molecule has 0 aliphatic carbocycles. The lowest BCUT2D eigenvalue weighted by Gasteiger charge is -2.07. The van der Waals surface area contributed by atoms with Gasteiger partial charge in [-0.3, -0.25) is 0 Å². The quantitative estimate of drug-likeness (QED) is 0.727. The number of rotatable bonds is 6. The van der Waals surface area contributed by atoms with E-state index in [1.165, 1.54) is 0 Å². The van der Waals surface area contributed by atoms with E-state index >= 15 is 0 Å². The molecule has 0 aliphatic heterocycles. The van der Waals surface area contributed by atoms with Crippen LogP contribution in [0.2, 0.25) is 5.02 Å². The van der Waals surface area contributed by atoms with Crippen LogP contribution in [0, 0.1) is 0 Å². The summed E-state index contributed by atoms with van der Waals surface area (Å²) >= 11 is 5.86. The minimum atomic E-state index is 0.419. The highest BCUT2D eigenvalue weighted by atomic mass is 35.5. The van der Waals surface area contributed by atoms with E-state index in [2.05, 4.69) is 15.5 Å². The molecule has 0 saturated heterocycles. The van der Waals surface area contributed by atoms with Crippen LogP contribution in [0.4, 0.5) is 5.69 Å². The van der Waals surface area contributed by atoms with Crippen molar-refractivity contribution >= 4 is 17.3 Å². The van der Waals surface area contributed by atoms with E-state index in [1.54, 1.807) is 26.4 Å². The normalized spacial score (nSPS) is 10.5. The molecule has 0 unspecified atom stereocenters. The molecule has 0 spiro atoms. The van der Waals surface area contributed by atoms with Crippen LogP contribution >= 0.6 is 11.6 Å². The van der Waals surface area contributed by atoms with E-state index in [-0.39, 0.29) is 0 Å². The van der Waals surface area contributed by atoms with Gasteiger partial charge in [-0.2, -0.15) is 4.98 Å². The lowest BCUT2D eigenvalue weighted by atomic mass is 10.2. The van der Waals surface area contributed by atoms with Crippen molar-refractivity contribution < 1.29 is 14.0 Å². The van der Waals surface area contributed by atoms with Crippen LogP contribution in [-0.4, -0.2) is 24.4 Å². The first kappa shape index (κ1) is 16.1. The molecule has 1 aromatic heterocycles. The minimum Gasteiger partial charge on any atom is -0.493 e. The summed E-state index contributed by atoms with van der Waals surface area (Å²) in [6.45, 7) is 0.419. The Balaban J connectivity index is 1.72. The average Bonchev–Trinajstić information content (AvgIpc) is 3.09. The number of hydrogen-bond acceptors (Lipinski definition) is 6. The Morgan fingerprint density at radius 3 is 2.50 bits per heavy atom. The molecule has 24 heavy (non-hydrogen) atoms. The van der Waals surface area contributed by atoms with Crippen molar-refractivity contribution in [3.05, 3.63) is 53.4 Å². The monoisotopic (exact) mass is 345 g/mol. The zero-order valence-electron chi connectivity index (χ0n) is 13.2. The smallest absolute Gasteiger partial charge is 0.246 e. The largest absolute Gasteiger partial charge is 0.493 e. The van der Waals surface area contributed by atoms with Gasteiger partial charge in [0, 0.05) is 16.3 Å². The van der Waals surface area contributed by atoms with E-state index in [9.17, 15) is 0 Å². The summed E-state index contributed by atoms with van der Waals surface area (Å²) in [5.74, 6) is 2.23. The summed E-state index contributed by atoms with van der Waals surface area (Å²) in [6.07, 6.45) is 0. The molecule has 0 fully saturated rings. The fraction of sp³-hybridized carbons (Fsp3) is 0.176. The van der Waals surface area contributed by atoms with Crippen LogP contribution in [-0.2, 0) is 6.54 Å². The highest BCUT2D eigenvalue weighted by Crippen LogP contribution is 2.31. The Morgan fingerprint density at radius 1 is 1.04 bits per heavy atom. The highest BCUT2D eigenvalue weighted by molar-refractivity contribution is 6.30. The van der Waals surface area contributed by atoms with Crippen molar-refractivity contribution in [1.29, 1.82) is 0 Å². The van der Waals surface area contributed by atoms with Crippen molar-refractivity contribution in [2.24, 2.45) is 0 Å². The molecule has 3 aromatic rings. The number of nitrogens with zero attached hydrogens (tertiary/aromatic N) is 2. The van der Waals surface area contributed by atoms with Gasteiger partial charge in [0.2, 0.25) is 11.7 Å². The molecule has 6 nitrogen and oxygen atoms in total. The van der Waals surface area contributed by atoms with Gasteiger partial charge in [-0.15, -0.1) is 0 Å². The molecule has 7 heteroatoms. The van der Waals surface area contributed by atoms with Crippen LogP contribution in [0.3, 0.4) is 0 Å². The van der Waals surface area contributed by atoms with Gasteiger partial charge < -0.3 is 19.3 Å². The predicted octanol–water partition coefficient (Wildman–Crippen LogP) is 4.02. The summed E-state index contributed by atoms with van der Waals surface area (Å²) < 4.78 is 15.8. The minimum absolute atomic E-state index is 0.419. The second-order valence-corrected chi connectivity index (χ2v) is 5.38. The average molecular weight is 346 g/mol. The van der Waals surface area contributed by atoms with Gasteiger partial charge in [0.1, 0.15) is 0 Å². The highest BCUT2D eigenvalue weighted by Gasteiger charge is 2.12. The van der Waals surface area contributed by atoms with Gasteiger partial charge in [0.25, 0.3) is 0 Å². The molecule has 3 rings (SSSR count). The molecule has 0 saturated carbocycles. The van der Waals surface area contributed by atoms with E-state index < -0.39 is 0 Å². The molecule has 1 N–H and O–H groups in total. The number of halogens is 1. The fourth-order valence-electron chi connectivity index (χ4n) is 2.16. The standard InChI is InChI=1S/C17H16ClN3O3/c1-22-14-8-3-11(9-15(14)23-2)17-20-16(24-21-17)10-19-13-6-4-12(18)5-7-13/h3-9,19H,10H2,1-2H3. The summed E-state index contributed by atoms with van der Waals surface area (Å²) in [5, 5.41) is 7.88. The zero-order chi connectivity index (χ0) is 16.9. The Kier molecular flexibility index (Phi) is 4.86.